The summed E-state index contributed by atoms with van der Waals surface area (Å²) in [5.74, 6) is 0.0552. The van der Waals surface area contributed by atoms with Crippen LogP contribution in [0.5, 0.6) is 0 Å². The summed E-state index contributed by atoms with van der Waals surface area (Å²) in [7, 11) is 1.74. The standard InChI is InChI=1S/C28H32N6O3/c1-5-37-25(35)15-34-16-31-22(12-17(2)3)26(34)20-10-11-24-21(14-20)32-23(28(36)33(24)4)13-18-6-8-19(9-7-18)27(29)30/h6-11,14,16-17H,5,12-13,15H2,1-4H3,(H3,29,30). The average Bonchev–Trinajstić information content (AvgIpc) is 3.23. The highest BCUT2D eigenvalue weighted by atomic mass is 16.5. The van der Waals surface area contributed by atoms with Crippen LogP contribution in [0.2, 0.25) is 0 Å². The van der Waals surface area contributed by atoms with Crippen molar-refractivity contribution in [2.45, 2.75) is 40.2 Å². The first-order valence-corrected chi connectivity index (χ1v) is 12.3. The van der Waals surface area contributed by atoms with E-state index in [1.165, 1.54) is 0 Å². The molecule has 9 nitrogen and oxygen atoms in total. The van der Waals surface area contributed by atoms with E-state index < -0.39 is 0 Å². The fraction of sp³-hybridized carbons (Fsp3) is 0.321. The SMILES string of the molecule is CCOC(=O)Cn1cnc(CC(C)C)c1-c1ccc2c(c1)nc(Cc1ccc(C(=N)N)cc1)c(=O)n2C. The van der Waals surface area contributed by atoms with E-state index in [9.17, 15) is 9.59 Å². The first-order valence-electron chi connectivity index (χ1n) is 12.3. The van der Waals surface area contributed by atoms with Crippen LogP contribution in [0.1, 0.15) is 43.3 Å². The third-order valence-electron chi connectivity index (χ3n) is 6.17. The second-order valence-electron chi connectivity index (χ2n) is 9.48. The molecule has 192 valence electrons. The zero-order chi connectivity index (χ0) is 26.7. The number of imidazole rings is 1. The van der Waals surface area contributed by atoms with Gasteiger partial charge in [-0.3, -0.25) is 15.0 Å². The number of aryl methyl sites for hydroxylation is 1. The normalized spacial score (nSPS) is 11.3. The van der Waals surface area contributed by atoms with Gasteiger partial charge in [0, 0.05) is 24.6 Å². The molecular weight excluding hydrogens is 468 g/mol. The monoisotopic (exact) mass is 500 g/mol. The summed E-state index contributed by atoms with van der Waals surface area (Å²) in [6, 6.07) is 13.0. The largest absolute Gasteiger partial charge is 0.465 e. The minimum absolute atomic E-state index is 0.00198. The van der Waals surface area contributed by atoms with E-state index in [1.807, 2.05) is 34.9 Å². The van der Waals surface area contributed by atoms with Gasteiger partial charge in [-0.2, -0.15) is 0 Å². The Kier molecular flexibility index (Phi) is 7.52. The molecule has 2 aromatic carbocycles. The van der Waals surface area contributed by atoms with Crippen molar-refractivity contribution in [3.05, 3.63) is 81.7 Å². The lowest BCUT2D eigenvalue weighted by molar-refractivity contribution is -0.143. The lowest BCUT2D eigenvalue weighted by atomic mass is 10.0. The van der Waals surface area contributed by atoms with Crippen LogP contribution < -0.4 is 11.3 Å². The second kappa shape index (κ2) is 10.8. The Morgan fingerprint density at radius 2 is 1.86 bits per heavy atom. The number of amidine groups is 1. The minimum Gasteiger partial charge on any atom is -0.465 e. The smallest absolute Gasteiger partial charge is 0.325 e. The molecule has 0 aliphatic rings. The van der Waals surface area contributed by atoms with Crippen LogP contribution in [0.25, 0.3) is 22.3 Å². The number of rotatable bonds is 9. The van der Waals surface area contributed by atoms with E-state index in [2.05, 4.69) is 18.8 Å². The van der Waals surface area contributed by atoms with Crippen LogP contribution in [0.4, 0.5) is 0 Å². The van der Waals surface area contributed by atoms with E-state index in [0.717, 1.165) is 28.9 Å². The Morgan fingerprint density at radius 3 is 2.51 bits per heavy atom. The third kappa shape index (κ3) is 5.61. The first kappa shape index (κ1) is 25.8. The number of nitrogen functional groups attached to an aromatic ring is 1. The van der Waals surface area contributed by atoms with Gasteiger partial charge in [-0.05, 0) is 37.0 Å². The highest BCUT2D eigenvalue weighted by Crippen LogP contribution is 2.28. The fourth-order valence-corrected chi connectivity index (χ4v) is 4.41. The molecule has 0 radical (unpaired) electrons. The van der Waals surface area contributed by atoms with Gasteiger partial charge in [0.15, 0.2) is 0 Å². The van der Waals surface area contributed by atoms with Gasteiger partial charge in [0.05, 0.1) is 35.4 Å². The molecule has 2 heterocycles. The predicted octanol–water partition coefficient (Wildman–Crippen LogP) is 3.43. The Labute approximate surface area is 215 Å². The number of aromatic nitrogens is 4. The van der Waals surface area contributed by atoms with Gasteiger partial charge in [0.2, 0.25) is 0 Å². The number of carbonyl (C=O) groups is 1. The zero-order valence-corrected chi connectivity index (χ0v) is 21.6. The maximum Gasteiger partial charge on any atom is 0.325 e. The molecule has 4 aromatic rings. The van der Waals surface area contributed by atoms with Gasteiger partial charge in [-0.15, -0.1) is 0 Å². The van der Waals surface area contributed by atoms with Crippen LogP contribution in [0.15, 0.2) is 53.6 Å². The lowest BCUT2D eigenvalue weighted by Gasteiger charge is -2.13. The van der Waals surface area contributed by atoms with Gasteiger partial charge in [0.25, 0.3) is 5.56 Å². The third-order valence-corrected chi connectivity index (χ3v) is 6.17. The summed E-state index contributed by atoms with van der Waals surface area (Å²) in [6.45, 7) is 6.41. The molecule has 0 spiro atoms. The average molecular weight is 501 g/mol. The Hall–Kier alpha value is -4.27. The van der Waals surface area contributed by atoms with Crippen molar-refractivity contribution in [2.24, 2.45) is 18.7 Å². The summed E-state index contributed by atoms with van der Waals surface area (Å²) in [6.07, 6.45) is 2.79. The maximum absolute atomic E-state index is 13.1. The number of fused-ring (bicyclic) bond motifs is 1. The fourth-order valence-electron chi connectivity index (χ4n) is 4.41. The number of esters is 1. The van der Waals surface area contributed by atoms with Crippen LogP contribution in [0, 0.1) is 11.3 Å². The number of nitrogens with two attached hydrogens (primary N) is 1. The molecule has 4 rings (SSSR count). The molecule has 9 heteroatoms. The van der Waals surface area contributed by atoms with Crippen molar-refractivity contribution in [3.63, 3.8) is 0 Å². The summed E-state index contributed by atoms with van der Waals surface area (Å²) < 4.78 is 8.59. The molecule has 0 unspecified atom stereocenters. The number of carbonyl (C=O) groups excluding carboxylic acids is 1. The number of hydrogen-bond acceptors (Lipinski definition) is 6. The number of nitrogens with one attached hydrogen (secondary N) is 1. The maximum atomic E-state index is 13.1. The van der Waals surface area contributed by atoms with Crippen molar-refractivity contribution in [1.29, 1.82) is 5.41 Å². The van der Waals surface area contributed by atoms with Crippen LogP contribution in [-0.2, 0) is 36.0 Å². The number of hydrogen-bond donors (Lipinski definition) is 2. The van der Waals surface area contributed by atoms with Gasteiger partial charge >= 0.3 is 5.97 Å². The first-order chi connectivity index (χ1) is 17.7. The Morgan fingerprint density at radius 1 is 1.14 bits per heavy atom. The van der Waals surface area contributed by atoms with E-state index in [0.29, 0.717) is 41.2 Å². The number of nitrogens with zero attached hydrogens (tertiary/aromatic N) is 4. The number of ether oxygens (including phenoxy) is 1. The predicted molar refractivity (Wildman–Crippen MR) is 144 cm³/mol. The van der Waals surface area contributed by atoms with Crippen molar-refractivity contribution < 1.29 is 9.53 Å². The molecule has 0 saturated carbocycles. The quantitative estimate of drug-likeness (QED) is 0.206. The molecule has 0 bridgehead atoms. The molecular formula is C28H32N6O3. The van der Waals surface area contributed by atoms with Crippen LogP contribution in [-0.4, -0.2) is 37.5 Å². The molecule has 0 aliphatic carbocycles. The second-order valence-corrected chi connectivity index (χ2v) is 9.48. The molecule has 0 atom stereocenters. The Bertz CT molecular complexity index is 1520. The Balaban J connectivity index is 1.78. The number of benzene rings is 2. The zero-order valence-electron chi connectivity index (χ0n) is 21.6. The summed E-state index contributed by atoms with van der Waals surface area (Å²) in [5, 5.41) is 7.56. The van der Waals surface area contributed by atoms with Gasteiger partial charge in [-0.1, -0.05) is 44.2 Å². The van der Waals surface area contributed by atoms with E-state index in [1.54, 1.807) is 37.0 Å². The molecule has 0 aliphatic heterocycles. The highest BCUT2D eigenvalue weighted by molar-refractivity contribution is 5.94. The molecule has 2 aromatic heterocycles. The van der Waals surface area contributed by atoms with Crippen molar-refractivity contribution in [1.82, 2.24) is 19.1 Å². The van der Waals surface area contributed by atoms with Crippen molar-refractivity contribution >= 4 is 22.8 Å². The molecule has 37 heavy (non-hydrogen) atoms. The van der Waals surface area contributed by atoms with E-state index >= 15 is 0 Å². The topological polar surface area (TPSA) is 129 Å². The summed E-state index contributed by atoms with van der Waals surface area (Å²) >= 11 is 0. The molecule has 0 saturated heterocycles. The van der Waals surface area contributed by atoms with Gasteiger partial charge in [0.1, 0.15) is 18.1 Å². The highest BCUT2D eigenvalue weighted by Gasteiger charge is 2.18. The summed E-state index contributed by atoms with van der Waals surface area (Å²) in [5.41, 5.74) is 11.3. The van der Waals surface area contributed by atoms with Crippen molar-refractivity contribution in [3.8, 4) is 11.3 Å². The molecule has 0 amide bonds. The molecule has 3 N–H and O–H groups in total. The lowest BCUT2D eigenvalue weighted by Crippen LogP contribution is -2.23. The molecule has 0 fully saturated rings. The van der Waals surface area contributed by atoms with Crippen LogP contribution >= 0.6 is 0 Å². The van der Waals surface area contributed by atoms with E-state index in [-0.39, 0.29) is 23.9 Å². The van der Waals surface area contributed by atoms with Crippen LogP contribution in [0.3, 0.4) is 0 Å². The minimum atomic E-state index is -0.323. The van der Waals surface area contributed by atoms with Gasteiger partial charge < -0.3 is 19.6 Å². The summed E-state index contributed by atoms with van der Waals surface area (Å²) in [4.78, 5) is 34.7. The van der Waals surface area contributed by atoms with Gasteiger partial charge in [-0.25, -0.2) is 9.97 Å². The van der Waals surface area contributed by atoms with Crippen molar-refractivity contribution in [2.75, 3.05) is 6.61 Å². The van der Waals surface area contributed by atoms with E-state index in [4.69, 9.17) is 20.9 Å².